The number of hydrogen-bond donors (Lipinski definition) is 1. The van der Waals surface area contributed by atoms with Crippen molar-refractivity contribution in [2.24, 2.45) is 10.8 Å². The van der Waals surface area contributed by atoms with Crippen LogP contribution in [0.3, 0.4) is 0 Å². The molecule has 23 heavy (non-hydrogen) atoms. The van der Waals surface area contributed by atoms with Gasteiger partial charge in [-0.3, -0.25) is 9.59 Å². The number of aliphatic hydroxyl groups is 1. The largest absolute Gasteiger partial charge is 0.389 e. The van der Waals surface area contributed by atoms with Gasteiger partial charge in [-0.05, 0) is 30.1 Å². The van der Waals surface area contributed by atoms with Crippen molar-refractivity contribution in [1.82, 2.24) is 0 Å². The Hall–Kier alpha value is -0.960. The van der Waals surface area contributed by atoms with Crippen LogP contribution >= 0.6 is 0 Å². The first-order chi connectivity index (χ1) is 10.3. The van der Waals surface area contributed by atoms with Gasteiger partial charge in [0.2, 0.25) is 0 Å². The molecule has 2 aliphatic carbocycles. The monoisotopic (exact) mass is 322 g/mol. The summed E-state index contributed by atoms with van der Waals surface area (Å²) in [4.78, 5) is 21.9. The molecule has 0 radical (unpaired) electrons. The van der Waals surface area contributed by atoms with Crippen LogP contribution < -0.4 is 0 Å². The molecule has 1 N–H and O–H groups in total. The van der Waals surface area contributed by atoms with Gasteiger partial charge in [0, 0.05) is 25.7 Å². The van der Waals surface area contributed by atoms with Crippen LogP contribution in [0.4, 0.5) is 0 Å². The average molecular weight is 322 g/mol. The minimum Gasteiger partial charge on any atom is -0.389 e. The van der Waals surface area contributed by atoms with Crippen molar-refractivity contribution in [2.75, 3.05) is 0 Å². The smallest absolute Gasteiger partial charge is 0.136 e. The van der Waals surface area contributed by atoms with Gasteiger partial charge in [0.25, 0.3) is 0 Å². The maximum atomic E-state index is 11.0. The van der Waals surface area contributed by atoms with Crippen molar-refractivity contribution < 1.29 is 14.7 Å². The van der Waals surface area contributed by atoms with Crippen molar-refractivity contribution in [2.45, 2.75) is 92.1 Å². The van der Waals surface area contributed by atoms with Crippen molar-refractivity contribution >= 4 is 11.6 Å². The number of carbonyl (C=O) groups excluding carboxylic acids is 2. The van der Waals surface area contributed by atoms with Crippen molar-refractivity contribution in [1.29, 1.82) is 0 Å². The van der Waals surface area contributed by atoms with Gasteiger partial charge in [-0.25, -0.2) is 0 Å². The fourth-order valence-corrected chi connectivity index (χ4v) is 3.09. The zero-order chi connectivity index (χ0) is 17.9. The topological polar surface area (TPSA) is 54.4 Å². The number of ketones is 2. The van der Waals surface area contributed by atoms with Crippen LogP contribution in [0.2, 0.25) is 0 Å². The minimum absolute atomic E-state index is 0.103. The molecule has 0 saturated heterocycles. The highest BCUT2D eigenvalue weighted by Crippen LogP contribution is 2.40. The maximum absolute atomic E-state index is 11.0. The van der Waals surface area contributed by atoms with Crippen LogP contribution in [0.1, 0.15) is 86.5 Å². The molecule has 0 aromatic carbocycles. The Kier molecular flexibility index (Phi) is 6.37. The van der Waals surface area contributed by atoms with E-state index < -0.39 is 5.60 Å². The van der Waals surface area contributed by atoms with Gasteiger partial charge >= 0.3 is 0 Å². The van der Waals surface area contributed by atoms with Crippen LogP contribution in [0.5, 0.6) is 0 Å². The quantitative estimate of drug-likeness (QED) is 0.662. The standard InChI is InChI=1S/C10H18O2.C10H16O/c1-9(2,3)10(12)6-4-8(11)5-7-10;1-10(2,3)8-4-6-9(11)7-5-8/h12H,4-7H2,1-3H3;4H,5-7H2,1-3H3. The predicted molar refractivity (Wildman–Crippen MR) is 94.3 cm³/mol. The molecule has 0 unspecified atom stereocenters. The first-order valence-corrected chi connectivity index (χ1v) is 8.80. The zero-order valence-corrected chi connectivity index (χ0v) is 15.8. The van der Waals surface area contributed by atoms with Crippen molar-refractivity contribution in [3.8, 4) is 0 Å². The molecule has 0 spiro atoms. The third-order valence-electron chi connectivity index (χ3n) is 5.24. The predicted octanol–water partition coefficient (Wildman–Crippen LogP) is 4.62. The normalized spacial score (nSPS) is 22.1. The Morgan fingerprint density at radius 1 is 0.870 bits per heavy atom. The second kappa shape index (κ2) is 7.29. The van der Waals surface area contributed by atoms with Gasteiger partial charge in [-0.2, -0.15) is 0 Å². The molecule has 3 heteroatoms. The van der Waals surface area contributed by atoms with Gasteiger partial charge in [-0.15, -0.1) is 0 Å². The van der Waals surface area contributed by atoms with E-state index in [0.29, 0.717) is 43.7 Å². The second-order valence-electron chi connectivity index (χ2n) is 9.04. The molecule has 2 aliphatic rings. The molecule has 1 saturated carbocycles. The molecular weight excluding hydrogens is 288 g/mol. The summed E-state index contributed by atoms with van der Waals surface area (Å²) in [5, 5.41) is 10.2. The summed E-state index contributed by atoms with van der Waals surface area (Å²) in [5.74, 6) is 0.682. The van der Waals surface area contributed by atoms with E-state index in [1.54, 1.807) is 0 Å². The summed E-state index contributed by atoms with van der Waals surface area (Å²) in [6, 6.07) is 0. The van der Waals surface area contributed by atoms with Crippen LogP contribution in [0.15, 0.2) is 11.6 Å². The molecule has 2 rings (SSSR count). The highest BCUT2D eigenvalue weighted by atomic mass is 16.3. The van der Waals surface area contributed by atoms with Gasteiger partial charge in [0.15, 0.2) is 0 Å². The average Bonchev–Trinajstić information content (AvgIpc) is 2.41. The number of carbonyl (C=O) groups is 2. The van der Waals surface area contributed by atoms with Gasteiger partial charge in [0.1, 0.15) is 11.6 Å². The molecule has 0 aromatic heterocycles. The molecule has 0 aliphatic heterocycles. The van der Waals surface area contributed by atoms with Crippen molar-refractivity contribution in [3.63, 3.8) is 0 Å². The van der Waals surface area contributed by atoms with Gasteiger partial charge in [-0.1, -0.05) is 53.2 Å². The van der Waals surface area contributed by atoms with E-state index in [-0.39, 0.29) is 10.8 Å². The van der Waals surface area contributed by atoms with E-state index in [4.69, 9.17) is 0 Å². The molecule has 0 bridgehead atoms. The molecule has 132 valence electrons. The Balaban J connectivity index is 0.000000231. The van der Waals surface area contributed by atoms with Crippen LogP contribution in [-0.2, 0) is 9.59 Å². The molecular formula is C20H34O3. The van der Waals surface area contributed by atoms with E-state index in [1.165, 1.54) is 5.57 Å². The lowest BCUT2D eigenvalue weighted by Gasteiger charge is -2.42. The SMILES string of the molecule is CC(C)(C)C1(O)CCC(=O)CC1.CC(C)(C)C1=CCC(=O)CC1. The minimum atomic E-state index is -0.624. The highest BCUT2D eigenvalue weighted by molar-refractivity contribution is 5.81. The van der Waals surface area contributed by atoms with Gasteiger partial charge in [0.05, 0.1) is 5.60 Å². The summed E-state index contributed by atoms with van der Waals surface area (Å²) in [6.07, 6.45) is 6.86. The number of Topliss-reactive ketones (excluding diaryl/α,β-unsaturated/α-hetero) is 2. The molecule has 0 amide bonds. The lowest BCUT2D eigenvalue weighted by Crippen LogP contribution is -2.45. The van der Waals surface area contributed by atoms with Crippen LogP contribution in [-0.4, -0.2) is 22.3 Å². The molecule has 0 aromatic rings. The number of rotatable bonds is 0. The Bertz CT molecular complexity index is 462. The number of hydrogen-bond acceptors (Lipinski definition) is 3. The Labute approximate surface area is 141 Å². The molecule has 1 fully saturated rings. The molecule has 3 nitrogen and oxygen atoms in total. The maximum Gasteiger partial charge on any atom is 0.136 e. The lowest BCUT2D eigenvalue weighted by molar-refractivity contribution is -0.133. The first kappa shape index (κ1) is 20.1. The van der Waals surface area contributed by atoms with Gasteiger partial charge < -0.3 is 5.11 Å². The van der Waals surface area contributed by atoms with E-state index >= 15 is 0 Å². The van der Waals surface area contributed by atoms with E-state index in [2.05, 4.69) is 26.8 Å². The third-order valence-corrected chi connectivity index (χ3v) is 5.24. The van der Waals surface area contributed by atoms with Crippen LogP contribution in [0.25, 0.3) is 0 Å². The fraction of sp³-hybridized carbons (Fsp3) is 0.800. The van der Waals surface area contributed by atoms with Crippen LogP contribution in [0, 0.1) is 10.8 Å². The Morgan fingerprint density at radius 3 is 1.74 bits per heavy atom. The molecule has 0 atom stereocenters. The highest BCUT2D eigenvalue weighted by Gasteiger charge is 2.42. The van der Waals surface area contributed by atoms with E-state index in [9.17, 15) is 14.7 Å². The lowest BCUT2D eigenvalue weighted by atomic mass is 9.68. The molecule has 0 heterocycles. The summed E-state index contributed by atoms with van der Waals surface area (Å²) in [6.45, 7) is 12.7. The summed E-state index contributed by atoms with van der Waals surface area (Å²) >= 11 is 0. The van der Waals surface area contributed by atoms with E-state index in [0.717, 1.165) is 12.8 Å². The summed E-state index contributed by atoms with van der Waals surface area (Å²) in [7, 11) is 0. The summed E-state index contributed by atoms with van der Waals surface area (Å²) < 4.78 is 0. The number of allylic oxidation sites excluding steroid dienone is 2. The second-order valence-corrected chi connectivity index (χ2v) is 9.04. The fourth-order valence-electron chi connectivity index (χ4n) is 3.09. The zero-order valence-electron chi connectivity index (χ0n) is 15.8. The summed E-state index contributed by atoms with van der Waals surface area (Å²) in [5.41, 5.74) is 0.979. The van der Waals surface area contributed by atoms with Crippen molar-refractivity contribution in [3.05, 3.63) is 11.6 Å². The first-order valence-electron chi connectivity index (χ1n) is 8.80. The Morgan fingerprint density at radius 2 is 1.39 bits per heavy atom. The van der Waals surface area contributed by atoms with E-state index in [1.807, 2.05) is 20.8 Å². The third kappa shape index (κ3) is 5.87.